The molecule has 0 saturated carbocycles. The number of carboxylic acid groups (broad SMARTS) is 1. The van der Waals surface area contributed by atoms with Crippen LogP contribution in [0.4, 0.5) is 0 Å². The molecule has 6 nitrogen and oxygen atoms in total. The fourth-order valence-corrected chi connectivity index (χ4v) is 4.47. The Morgan fingerprint density at radius 3 is 1.97 bits per heavy atom. The zero-order valence-electron chi connectivity index (χ0n) is 17.3. The highest BCUT2D eigenvalue weighted by Crippen LogP contribution is 2.47. The van der Waals surface area contributed by atoms with Crippen LogP contribution in [-0.2, 0) is 21.2 Å². The second-order valence-corrected chi connectivity index (χ2v) is 9.99. The Hall–Kier alpha value is -2.54. The highest BCUT2D eigenvalue weighted by Gasteiger charge is 2.38. The largest absolute Gasteiger partial charge is 0.500 e. The number of fused-ring (bicyclic) bond motifs is 1. The highest BCUT2D eigenvalue weighted by molar-refractivity contribution is 7.82. The third kappa shape index (κ3) is 4.40. The summed E-state index contributed by atoms with van der Waals surface area (Å²) in [6.07, 6.45) is 2.05. The van der Waals surface area contributed by atoms with Crippen LogP contribution in [0, 0.1) is 6.92 Å². The molecule has 1 N–H and O–H groups in total. The smallest absolute Gasteiger partial charge is 0.478 e. The number of hydrogen-bond acceptors (Lipinski definition) is 5. The van der Waals surface area contributed by atoms with Gasteiger partial charge in [-0.2, -0.15) is 0 Å². The minimum Gasteiger partial charge on any atom is -0.478 e. The molecule has 2 aromatic carbocycles. The van der Waals surface area contributed by atoms with E-state index in [9.17, 15) is 13.2 Å². The van der Waals surface area contributed by atoms with E-state index < -0.39 is 16.4 Å². The number of hydrogen-bond donors (Lipinski definition) is 1. The van der Waals surface area contributed by atoms with Gasteiger partial charge in [0.15, 0.2) is 0 Å². The maximum Gasteiger partial charge on any atom is 0.500 e. The molecule has 0 saturated heterocycles. The van der Waals surface area contributed by atoms with Crippen molar-refractivity contribution in [2.45, 2.75) is 58.3 Å². The first-order valence-electron chi connectivity index (χ1n) is 9.44. The Kier molecular flexibility index (Phi) is 5.15. The molecule has 0 fully saturated rings. The van der Waals surface area contributed by atoms with E-state index in [1.165, 1.54) is 29.8 Å². The van der Waals surface area contributed by atoms with Gasteiger partial charge in [0.25, 0.3) is 0 Å². The van der Waals surface area contributed by atoms with Gasteiger partial charge in [-0.1, -0.05) is 33.8 Å². The maximum atomic E-state index is 12.4. The summed E-state index contributed by atoms with van der Waals surface area (Å²) in [5.74, 6) is -0.894. The SMILES string of the molecule is Cc1cc2c(cc1OS(=O)(=O)Oc1ccc(C(=O)O)cc1)C(C)(C)CCC2(C)C. The topological polar surface area (TPSA) is 89.9 Å². The number of aryl methyl sites for hydroxylation is 1. The van der Waals surface area contributed by atoms with Crippen LogP contribution in [0.3, 0.4) is 0 Å². The van der Waals surface area contributed by atoms with Crippen LogP contribution in [-0.4, -0.2) is 19.5 Å². The van der Waals surface area contributed by atoms with Crippen molar-refractivity contribution in [2.24, 2.45) is 0 Å². The summed E-state index contributed by atoms with van der Waals surface area (Å²) in [4.78, 5) is 10.9. The summed E-state index contributed by atoms with van der Waals surface area (Å²) in [5, 5.41) is 8.93. The van der Waals surface area contributed by atoms with Gasteiger partial charge in [0.2, 0.25) is 0 Å². The van der Waals surface area contributed by atoms with Crippen LogP contribution < -0.4 is 8.37 Å². The molecular formula is C22H26O6S. The fourth-order valence-electron chi connectivity index (χ4n) is 3.69. The molecule has 0 spiro atoms. The molecule has 7 heteroatoms. The minimum absolute atomic E-state index is 0.00933. The molecule has 1 aliphatic carbocycles. The Morgan fingerprint density at radius 1 is 0.931 bits per heavy atom. The summed E-state index contributed by atoms with van der Waals surface area (Å²) in [6, 6.07) is 8.89. The lowest BCUT2D eigenvalue weighted by Crippen LogP contribution is -2.34. The van der Waals surface area contributed by atoms with Gasteiger partial charge in [0, 0.05) is 0 Å². The van der Waals surface area contributed by atoms with E-state index >= 15 is 0 Å². The van der Waals surface area contributed by atoms with Gasteiger partial charge < -0.3 is 13.5 Å². The van der Waals surface area contributed by atoms with Gasteiger partial charge in [-0.3, -0.25) is 0 Å². The van der Waals surface area contributed by atoms with Crippen molar-refractivity contribution in [3.05, 3.63) is 58.7 Å². The number of carbonyl (C=O) groups is 1. The number of benzene rings is 2. The van der Waals surface area contributed by atoms with E-state index in [-0.39, 0.29) is 27.9 Å². The minimum atomic E-state index is -4.38. The zero-order chi connectivity index (χ0) is 21.6. The molecule has 156 valence electrons. The van der Waals surface area contributed by atoms with Crippen LogP contribution in [0.15, 0.2) is 36.4 Å². The lowest BCUT2D eigenvalue weighted by atomic mass is 9.63. The lowest BCUT2D eigenvalue weighted by Gasteiger charge is -2.42. The Balaban J connectivity index is 1.90. The molecular weight excluding hydrogens is 392 g/mol. The van der Waals surface area contributed by atoms with Crippen molar-refractivity contribution in [1.29, 1.82) is 0 Å². The predicted octanol–water partition coefficient (Wildman–Crippen LogP) is 4.74. The van der Waals surface area contributed by atoms with E-state index in [2.05, 4.69) is 27.7 Å². The van der Waals surface area contributed by atoms with Crippen LogP contribution in [0.2, 0.25) is 0 Å². The van der Waals surface area contributed by atoms with Crippen LogP contribution in [0.25, 0.3) is 0 Å². The molecule has 0 atom stereocenters. The van der Waals surface area contributed by atoms with Crippen molar-refractivity contribution in [2.75, 3.05) is 0 Å². The number of aromatic carboxylic acids is 1. The van der Waals surface area contributed by atoms with Crippen LogP contribution in [0.1, 0.15) is 67.6 Å². The molecule has 1 aliphatic rings. The average molecular weight is 419 g/mol. The van der Waals surface area contributed by atoms with Crippen molar-refractivity contribution < 1.29 is 26.7 Å². The summed E-state index contributed by atoms with van der Waals surface area (Å²) in [5.41, 5.74) is 2.95. The normalized spacial score (nSPS) is 17.3. The third-order valence-electron chi connectivity index (χ3n) is 5.64. The fraction of sp³-hybridized carbons (Fsp3) is 0.409. The van der Waals surface area contributed by atoms with Crippen LogP contribution in [0.5, 0.6) is 11.5 Å². The number of rotatable bonds is 5. The molecule has 0 aliphatic heterocycles. The first-order chi connectivity index (χ1) is 13.3. The summed E-state index contributed by atoms with van der Waals surface area (Å²) in [6.45, 7) is 10.5. The molecule has 3 rings (SSSR count). The second-order valence-electron chi connectivity index (χ2n) is 8.84. The van der Waals surface area contributed by atoms with Gasteiger partial charge in [-0.25, -0.2) is 4.79 Å². The molecule has 0 heterocycles. The molecule has 29 heavy (non-hydrogen) atoms. The van der Waals surface area contributed by atoms with Crippen molar-refractivity contribution in [1.82, 2.24) is 0 Å². The molecule has 0 bridgehead atoms. The zero-order valence-corrected chi connectivity index (χ0v) is 18.1. The van der Waals surface area contributed by atoms with E-state index in [0.29, 0.717) is 5.56 Å². The first-order valence-corrected chi connectivity index (χ1v) is 10.8. The van der Waals surface area contributed by atoms with Crippen LogP contribution >= 0.6 is 0 Å². The van der Waals surface area contributed by atoms with Gasteiger partial charge in [-0.05, 0) is 77.6 Å². The van der Waals surface area contributed by atoms with Gasteiger partial charge in [0.05, 0.1) is 5.56 Å². The Labute approximate surface area is 171 Å². The Bertz CT molecular complexity index is 1050. The van der Waals surface area contributed by atoms with Gasteiger partial charge in [0.1, 0.15) is 11.5 Å². The standard InChI is InChI=1S/C22H26O6S/c1-14-12-17-18(22(4,5)11-10-21(17,2)3)13-19(14)28-29(25,26)27-16-8-6-15(7-9-16)20(23)24/h6-9,12-13H,10-11H2,1-5H3,(H,23,24). The monoisotopic (exact) mass is 418 g/mol. The summed E-state index contributed by atoms with van der Waals surface area (Å²) >= 11 is 0. The summed E-state index contributed by atoms with van der Waals surface area (Å²) in [7, 11) is -4.38. The lowest BCUT2D eigenvalue weighted by molar-refractivity contribution is 0.0697. The first kappa shape index (κ1) is 21.2. The van der Waals surface area contributed by atoms with Gasteiger partial charge in [-0.15, -0.1) is 8.42 Å². The Morgan fingerprint density at radius 2 is 1.45 bits per heavy atom. The quantitative estimate of drug-likeness (QED) is 0.754. The number of carboxylic acids is 1. The second kappa shape index (κ2) is 7.06. The van der Waals surface area contributed by atoms with E-state index in [1.807, 2.05) is 13.0 Å². The molecule has 0 aromatic heterocycles. The predicted molar refractivity (Wildman–Crippen MR) is 110 cm³/mol. The molecule has 0 amide bonds. The molecule has 0 radical (unpaired) electrons. The molecule has 2 aromatic rings. The van der Waals surface area contributed by atoms with E-state index in [1.54, 1.807) is 6.07 Å². The van der Waals surface area contributed by atoms with Crippen molar-refractivity contribution >= 4 is 16.4 Å². The van der Waals surface area contributed by atoms with Crippen molar-refractivity contribution in [3.63, 3.8) is 0 Å². The average Bonchev–Trinajstić information content (AvgIpc) is 2.60. The third-order valence-corrected chi connectivity index (χ3v) is 6.42. The van der Waals surface area contributed by atoms with E-state index in [0.717, 1.165) is 18.4 Å². The maximum absolute atomic E-state index is 12.4. The molecule has 0 unspecified atom stereocenters. The van der Waals surface area contributed by atoms with Crippen molar-refractivity contribution in [3.8, 4) is 11.5 Å². The van der Waals surface area contributed by atoms with Gasteiger partial charge >= 0.3 is 16.4 Å². The highest BCUT2D eigenvalue weighted by atomic mass is 32.3. The summed E-state index contributed by atoms with van der Waals surface area (Å²) < 4.78 is 35.1. The van der Waals surface area contributed by atoms with E-state index in [4.69, 9.17) is 13.5 Å².